The number of hydrogen-bond acceptors (Lipinski definition) is 5. The molecule has 0 saturated heterocycles. The van der Waals surface area contributed by atoms with E-state index in [1.807, 2.05) is 0 Å². The van der Waals surface area contributed by atoms with E-state index in [1.54, 1.807) is 25.1 Å². The number of ether oxygens (including phenoxy) is 3. The van der Waals surface area contributed by atoms with Crippen molar-refractivity contribution in [2.24, 2.45) is 0 Å². The van der Waals surface area contributed by atoms with Gasteiger partial charge in [0.25, 0.3) is 0 Å². The van der Waals surface area contributed by atoms with Crippen LogP contribution < -0.4 is 14.4 Å². The molecule has 1 aromatic carbocycles. The number of benzene rings is 1. The fourth-order valence-electron chi connectivity index (χ4n) is 1.68. The van der Waals surface area contributed by atoms with Gasteiger partial charge in [0.1, 0.15) is 11.5 Å². The van der Waals surface area contributed by atoms with Crippen molar-refractivity contribution in [3.63, 3.8) is 0 Å². The van der Waals surface area contributed by atoms with Crippen molar-refractivity contribution in [1.29, 1.82) is 0 Å². The maximum absolute atomic E-state index is 12.0. The second-order valence-corrected chi connectivity index (χ2v) is 4.07. The van der Waals surface area contributed by atoms with Crippen LogP contribution in [0, 0.1) is 0 Å². The summed E-state index contributed by atoms with van der Waals surface area (Å²) in [6.45, 7) is 1.87. The van der Waals surface area contributed by atoms with Crippen LogP contribution in [0.2, 0.25) is 0 Å². The third-order valence-corrected chi connectivity index (χ3v) is 2.69. The largest absolute Gasteiger partial charge is 0.497 e. The van der Waals surface area contributed by atoms with Crippen molar-refractivity contribution < 1.29 is 28.9 Å². The molecule has 0 radical (unpaired) electrons. The molecule has 0 aliphatic carbocycles. The Hall–Kier alpha value is -2.44. The highest BCUT2D eigenvalue weighted by molar-refractivity contribution is 5.89. The molecule has 7 nitrogen and oxygen atoms in total. The smallest absolute Gasteiger partial charge is 0.414 e. The van der Waals surface area contributed by atoms with Crippen molar-refractivity contribution in [1.82, 2.24) is 0 Å². The Morgan fingerprint density at radius 1 is 1.14 bits per heavy atom. The molecule has 0 aliphatic rings. The monoisotopic (exact) mass is 297 g/mol. The number of nitrogens with zero attached hydrogens (tertiary/aromatic N) is 1. The van der Waals surface area contributed by atoms with Gasteiger partial charge in [-0.3, -0.25) is 9.69 Å². The van der Waals surface area contributed by atoms with Gasteiger partial charge in [0.15, 0.2) is 0 Å². The van der Waals surface area contributed by atoms with Crippen molar-refractivity contribution >= 4 is 17.7 Å². The summed E-state index contributed by atoms with van der Waals surface area (Å²) in [5.41, 5.74) is 0.450. The van der Waals surface area contributed by atoms with Gasteiger partial charge in [0.2, 0.25) is 0 Å². The Balaban J connectivity index is 3.10. The minimum absolute atomic E-state index is 0.00944. The first kappa shape index (κ1) is 16.6. The van der Waals surface area contributed by atoms with E-state index >= 15 is 0 Å². The summed E-state index contributed by atoms with van der Waals surface area (Å²) in [6, 6.07) is 4.88. The molecule has 0 aromatic heterocycles. The third kappa shape index (κ3) is 4.87. The molecule has 116 valence electrons. The number of carboxylic acids is 1. The number of anilines is 1. The maximum atomic E-state index is 12.0. The topological polar surface area (TPSA) is 85.3 Å². The zero-order valence-electron chi connectivity index (χ0n) is 12.3. The lowest BCUT2D eigenvalue weighted by atomic mass is 10.2. The van der Waals surface area contributed by atoms with Crippen LogP contribution in [0.5, 0.6) is 11.5 Å². The summed E-state index contributed by atoms with van der Waals surface area (Å²) < 4.78 is 15.2. The third-order valence-electron chi connectivity index (χ3n) is 2.69. The summed E-state index contributed by atoms with van der Waals surface area (Å²) in [4.78, 5) is 24.0. The number of amides is 1. The van der Waals surface area contributed by atoms with Crippen LogP contribution in [-0.2, 0) is 9.53 Å². The number of methoxy groups -OCH3 is 2. The van der Waals surface area contributed by atoms with E-state index in [1.165, 1.54) is 19.1 Å². The minimum atomic E-state index is -1.00. The fraction of sp³-hybridized carbons (Fsp3) is 0.429. The Labute approximate surface area is 123 Å². The van der Waals surface area contributed by atoms with E-state index in [4.69, 9.17) is 19.3 Å². The van der Waals surface area contributed by atoms with Crippen LogP contribution >= 0.6 is 0 Å². The van der Waals surface area contributed by atoms with E-state index in [0.29, 0.717) is 17.2 Å². The lowest BCUT2D eigenvalue weighted by Crippen LogP contribution is -2.33. The fourth-order valence-corrected chi connectivity index (χ4v) is 1.68. The van der Waals surface area contributed by atoms with Crippen LogP contribution in [-0.4, -0.2) is 44.5 Å². The van der Waals surface area contributed by atoms with Crippen molar-refractivity contribution in [3.8, 4) is 11.5 Å². The van der Waals surface area contributed by atoms with Crippen LogP contribution in [0.3, 0.4) is 0 Å². The zero-order chi connectivity index (χ0) is 15.8. The number of aliphatic carboxylic acids is 1. The van der Waals surface area contributed by atoms with E-state index in [9.17, 15) is 9.59 Å². The molecule has 1 amide bonds. The standard InChI is InChI=1S/C14H19NO6/c1-4-21-14(18)15(6-5-13(16)17)10-7-11(19-2)9-12(8-10)20-3/h7-9H,4-6H2,1-3H3,(H,16,17). The molecule has 0 spiro atoms. The lowest BCUT2D eigenvalue weighted by molar-refractivity contribution is -0.136. The number of rotatable bonds is 7. The minimum Gasteiger partial charge on any atom is -0.497 e. The Bertz CT molecular complexity index is 480. The number of carboxylic acid groups (broad SMARTS) is 1. The van der Waals surface area contributed by atoms with Crippen LogP contribution in [0.25, 0.3) is 0 Å². The summed E-state index contributed by atoms with van der Waals surface area (Å²) in [5.74, 6) is -0.0119. The molecule has 0 atom stereocenters. The molecule has 21 heavy (non-hydrogen) atoms. The second kappa shape index (κ2) is 7.98. The van der Waals surface area contributed by atoms with Gasteiger partial charge >= 0.3 is 12.1 Å². The van der Waals surface area contributed by atoms with Crippen molar-refractivity contribution in [2.45, 2.75) is 13.3 Å². The molecule has 1 rings (SSSR count). The Morgan fingerprint density at radius 2 is 1.71 bits per heavy atom. The van der Waals surface area contributed by atoms with Gasteiger partial charge in [0, 0.05) is 24.7 Å². The van der Waals surface area contributed by atoms with Gasteiger partial charge in [-0.25, -0.2) is 4.79 Å². The van der Waals surface area contributed by atoms with Crippen LogP contribution in [0.1, 0.15) is 13.3 Å². The van der Waals surface area contributed by atoms with Gasteiger partial charge in [-0.1, -0.05) is 0 Å². The molecule has 0 unspecified atom stereocenters. The highest BCUT2D eigenvalue weighted by Crippen LogP contribution is 2.29. The molecule has 1 N–H and O–H groups in total. The van der Waals surface area contributed by atoms with Gasteiger partial charge < -0.3 is 19.3 Å². The normalized spacial score (nSPS) is 9.86. The predicted molar refractivity (Wildman–Crippen MR) is 76.2 cm³/mol. The first-order valence-corrected chi connectivity index (χ1v) is 6.41. The summed E-state index contributed by atoms with van der Waals surface area (Å²) >= 11 is 0. The van der Waals surface area contributed by atoms with Crippen molar-refractivity contribution in [2.75, 3.05) is 32.3 Å². The summed E-state index contributed by atoms with van der Waals surface area (Å²) in [6.07, 6.45) is -0.813. The predicted octanol–water partition coefficient (Wildman–Crippen LogP) is 2.14. The van der Waals surface area contributed by atoms with E-state index in [-0.39, 0.29) is 19.6 Å². The first-order valence-electron chi connectivity index (χ1n) is 6.41. The van der Waals surface area contributed by atoms with Crippen LogP contribution in [0.15, 0.2) is 18.2 Å². The molecular formula is C14H19NO6. The Morgan fingerprint density at radius 3 is 2.14 bits per heavy atom. The summed E-state index contributed by atoms with van der Waals surface area (Å²) in [7, 11) is 2.98. The SMILES string of the molecule is CCOC(=O)N(CCC(=O)O)c1cc(OC)cc(OC)c1. The molecule has 1 aromatic rings. The molecule has 0 aliphatic heterocycles. The number of hydrogen-bond donors (Lipinski definition) is 1. The lowest BCUT2D eigenvalue weighted by Gasteiger charge is -2.22. The maximum Gasteiger partial charge on any atom is 0.414 e. The molecule has 7 heteroatoms. The van der Waals surface area contributed by atoms with E-state index in [2.05, 4.69) is 0 Å². The molecule has 0 bridgehead atoms. The van der Waals surface area contributed by atoms with Crippen molar-refractivity contribution in [3.05, 3.63) is 18.2 Å². The Kier molecular flexibility index (Phi) is 6.32. The highest BCUT2D eigenvalue weighted by atomic mass is 16.6. The first-order chi connectivity index (χ1) is 10.0. The van der Waals surface area contributed by atoms with Gasteiger partial charge in [-0.2, -0.15) is 0 Å². The number of carbonyl (C=O) groups is 2. The van der Waals surface area contributed by atoms with E-state index < -0.39 is 12.1 Å². The average Bonchev–Trinajstić information content (AvgIpc) is 2.47. The second-order valence-electron chi connectivity index (χ2n) is 4.07. The van der Waals surface area contributed by atoms with E-state index in [0.717, 1.165) is 0 Å². The molecule has 0 saturated carbocycles. The van der Waals surface area contributed by atoms with Gasteiger partial charge in [0.05, 0.1) is 32.9 Å². The summed E-state index contributed by atoms with van der Waals surface area (Å²) in [5, 5.41) is 8.79. The quantitative estimate of drug-likeness (QED) is 0.830. The molecule has 0 fully saturated rings. The zero-order valence-corrected chi connectivity index (χ0v) is 12.3. The van der Waals surface area contributed by atoms with Crippen LogP contribution in [0.4, 0.5) is 10.5 Å². The highest BCUT2D eigenvalue weighted by Gasteiger charge is 2.19. The molecule has 0 heterocycles. The molecular weight excluding hydrogens is 278 g/mol. The van der Waals surface area contributed by atoms with Gasteiger partial charge in [-0.05, 0) is 6.92 Å². The number of carbonyl (C=O) groups excluding carboxylic acids is 1. The van der Waals surface area contributed by atoms with Gasteiger partial charge in [-0.15, -0.1) is 0 Å². The average molecular weight is 297 g/mol.